The second kappa shape index (κ2) is 8.29. The van der Waals surface area contributed by atoms with Gasteiger partial charge in [0.15, 0.2) is 17.4 Å². The first kappa shape index (κ1) is 17.9. The molecule has 0 bridgehead atoms. The summed E-state index contributed by atoms with van der Waals surface area (Å²) in [6, 6.07) is 2.52. The highest BCUT2D eigenvalue weighted by Gasteiger charge is 2.25. The zero-order valence-corrected chi connectivity index (χ0v) is 13.0. The fraction of sp³-hybridized carbons (Fsp3) is 0.625. The van der Waals surface area contributed by atoms with Crippen LogP contribution in [0, 0.1) is 11.6 Å². The van der Waals surface area contributed by atoms with Crippen molar-refractivity contribution in [3.05, 3.63) is 29.3 Å². The lowest BCUT2D eigenvalue weighted by atomic mass is 9.99. The Morgan fingerprint density at radius 2 is 1.71 bits per heavy atom. The topological polar surface area (TPSA) is 41.5 Å². The minimum Gasteiger partial charge on any atom is -0.485 e. The molecular formula is C16H25F2NO2. The van der Waals surface area contributed by atoms with E-state index in [1.165, 1.54) is 12.1 Å². The molecule has 0 aromatic heterocycles. The standard InChI is InChI=1S/C16H25F2NO2/c1-4-7-19-10-12-8-13(17)15(14(18)9-12)21-11-16(20,5-2)6-3/h8-9,19-20H,4-7,10-11H2,1-3H3. The van der Waals surface area contributed by atoms with Gasteiger partial charge in [-0.25, -0.2) is 8.78 Å². The van der Waals surface area contributed by atoms with E-state index in [2.05, 4.69) is 5.32 Å². The van der Waals surface area contributed by atoms with Crippen LogP contribution in [0.25, 0.3) is 0 Å². The van der Waals surface area contributed by atoms with Gasteiger partial charge in [-0.1, -0.05) is 20.8 Å². The van der Waals surface area contributed by atoms with Crippen LogP contribution in [0.3, 0.4) is 0 Å². The molecular weight excluding hydrogens is 276 g/mol. The molecule has 2 N–H and O–H groups in total. The van der Waals surface area contributed by atoms with Gasteiger partial charge in [0.25, 0.3) is 0 Å². The Morgan fingerprint density at radius 3 is 2.19 bits per heavy atom. The Bertz CT molecular complexity index is 425. The predicted octanol–water partition coefficient (Wildman–Crippen LogP) is 3.39. The first-order valence-electron chi connectivity index (χ1n) is 7.49. The Balaban J connectivity index is 2.75. The molecule has 0 aliphatic heterocycles. The van der Waals surface area contributed by atoms with Gasteiger partial charge in [0.1, 0.15) is 6.61 Å². The van der Waals surface area contributed by atoms with Crippen molar-refractivity contribution >= 4 is 0 Å². The molecule has 0 amide bonds. The van der Waals surface area contributed by atoms with Crippen LogP contribution >= 0.6 is 0 Å². The Labute approximate surface area is 125 Å². The van der Waals surface area contributed by atoms with Gasteiger partial charge >= 0.3 is 0 Å². The van der Waals surface area contributed by atoms with Gasteiger partial charge in [-0.2, -0.15) is 0 Å². The molecule has 120 valence electrons. The molecule has 0 unspecified atom stereocenters. The van der Waals surface area contributed by atoms with Crippen molar-refractivity contribution in [1.82, 2.24) is 5.32 Å². The summed E-state index contributed by atoms with van der Waals surface area (Å²) in [7, 11) is 0. The molecule has 0 heterocycles. The zero-order chi connectivity index (χ0) is 15.9. The number of benzene rings is 1. The molecule has 1 rings (SSSR count). The molecule has 1 aromatic carbocycles. The van der Waals surface area contributed by atoms with Crippen molar-refractivity contribution in [2.75, 3.05) is 13.2 Å². The van der Waals surface area contributed by atoms with E-state index in [0.717, 1.165) is 13.0 Å². The molecule has 0 fully saturated rings. The Hall–Kier alpha value is -1.20. The second-order valence-electron chi connectivity index (χ2n) is 5.29. The summed E-state index contributed by atoms with van der Waals surface area (Å²) in [5.74, 6) is -1.90. The van der Waals surface area contributed by atoms with Crippen LogP contribution in [-0.4, -0.2) is 23.9 Å². The zero-order valence-electron chi connectivity index (χ0n) is 13.0. The minimum atomic E-state index is -1.06. The summed E-state index contributed by atoms with van der Waals surface area (Å²) in [6.07, 6.45) is 1.89. The van der Waals surface area contributed by atoms with Crippen molar-refractivity contribution in [3.8, 4) is 5.75 Å². The largest absolute Gasteiger partial charge is 0.485 e. The molecule has 21 heavy (non-hydrogen) atoms. The van der Waals surface area contributed by atoms with E-state index < -0.39 is 23.0 Å². The fourth-order valence-electron chi connectivity index (χ4n) is 1.92. The van der Waals surface area contributed by atoms with Gasteiger partial charge in [-0.3, -0.25) is 0 Å². The Kier molecular flexibility index (Phi) is 7.05. The van der Waals surface area contributed by atoms with Crippen LogP contribution in [0.4, 0.5) is 8.78 Å². The van der Waals surface area contributed by atoms with Crippen LogP contribution in [0.15, 0.2) is 12.1 Å². The van der Waals surface area contributed by atoms with Gasteiger partial charge in [-0.15, -0.1) is 0 Å². The van der Waals surface area contributed by atoms with E-state index in [9.17, 15) is 13.9 Å². The lowest BCUT2D eigenvalue weighted by Crippen LogP contribution is -2.34. The molecule has 5 heteroatoms. The highest BCUT2D eigenvalue weighted by molar-refractivity contribution is 5.31. The van der Waals surface area contributed by atoms with E-state index in [4.69, 9.17) is 4.74 Å². The van der Waals surface area contributed by atoms with Crippen molar-refractivity contribution in [2.24, 2.45) is 0 Å². The summed E-state index contributed by atoms with van der Waals surface area (Å²) in [5.41, 5.74) is -0.521. The molecule has 0 aliphatic carbocycles. The Morgan fingerprint density at radius 1 is 1.14 bits per heavy atom. The molecule has 0 saturated carbocycles. The number of aliphatic hydroxyl groups is 1. The van der Waals surface area contributed by atoms with Crippen LogP contribution in [0.2, 0.25) is 0 Å². The SMILES string of the molecule is CCCNCc1cc(F)c(OCC(O)(CC)CC)c(F)c1. The van der Waals surface area contributed by atoms with E-state index in [1.54, 1.807) is 0 Å². The molecule has 0 aliphatic rings. The molecule has 0 saturated heterocycles. The van der Waals surface area contributed by atoms with Crippen molar-refractivity contribution in [1.29, 1.82) is 0 Å². The summed E-state index contributed by atoms with van der Waals surface area (Å²) >= 11 is 0. The number of hydrogen-bond donors (Lipinski definition) is 2. The highest BCUT2D eigenvalue weighted by atomic mass is 19.1. The molecule has 1 aromatic rings. The fourth-order valence-corrected chi connectivity index (χ4v) is 1.92. The average Bonchev–Trinajstić information content (AvgIpc) is 2.46. The first-order chi connectivity index (χ1) is 9.95. The van der Waals surface area contributed by atoms with Crippen molar-refractivity contribution in [2.45, 2.75) is 52.2 Å². The van der Waals surface area contributed by atoms with Crippen LogP contribution in [0.5, 0.6) is 5.75 Å². The first-order valence-corrected chi connectivity index (χ1v) is 7.49. The molecule has 0 spiro atoms. The summed E-state index contributed by atoms with van der Waals surface area (Å²) < 4.78 is 33.0. The van der Waals surface area contributed by atoms with E-state index in [1.807, 2.05) is 20.8 Å². The third kappa shape index (κ3) is 5.25. The van der Waals surface area contributed by atoms with E-state index in [0.29, 0.717) is 24.9 Å². The monoisotopic (exact) mass is 301 g/mol. The number of nitrogens with one attached hydrogen (secondary N) is 1. The van der Waals surface area contributed by atoms with Crippen LogP contribution < -0.4 is 10.1 Å². The van der Waals surface area contributed by atoms with Gasteiger partial charge in [0, 0.05) is 6.54 Å². The van der Waals surface area contributed by atoms with Crippen LogP contribution in [0.1, 0.15) is 45.6 Å². The van der Waals surface area contributed by atoms with Gasteiger partial charge in [0.05, 0.1) is 5.60 Å². The van der Waals surface area contributed by atoms with Gasteiger partial charge in [-0.05, 0) is 43.5 Å². The van der Waals surface area contributed by atoms with E-state index in [-0.39, 0.29) is 6.61 Å². The van der Waals surface area contributed by atoms with Crippen molar-refractivity contribution in [3.63, 3.8) is 0 Å². The number of halogens is 2. The highest BCUT2D eigenvalue weighted by Crippen LogP contribution is 2.25. The number of hydrogen-bond acceptors (Lipinski definition) is 3. The third-order valence-electron chi connectivity index (χ3n) is 3.62. The minimum absolute atomic E-state index is 0.124. The molecule has 0 atom stereocenters. The second-order valence-corrected chi connectivity index (χ2v) is 5.29. The maximum Gasteiger partial charge on any atom is 0.190 e. The molecule has 3 nitrogen and oxygen atoms in total. The third-order valence-corrected chi connectivity index (χ3v) is 3.62. The number of ether oxygens (including phenoxy) is 1. The van der Waals surface area contributed by atoms with E-state index >= 15 is 0 Å². The van der Waals surface area contributed by atoms with Gasteiger partial charge in [0.2, 0.25) is 0 Å². The normalized spacial score (nSPS) is 11.7. The summed E-state index contributed by atoms with van der Waals surface area (Å²) in [6.45, 7) is 6.72. The maximum absolute atomic E-state index is 13.9. The smallest absolute Gasteiger partial charge is 0.190 e. The quantitative estimate of drug-likeness (QED) is 0.687. The van der Waals surface area contributed by atoms with Crippen molar-refractivity contribution < 1.29 is 18.6 Å². The summed E-state index contributed by atoms with van der Waals surface area (Å²) in [4.78, 5) is 0. The predicted molar refractivity (Wildman–Crippen MR) is 79.4 cm³/mol. The maximum atomic E-state index is 13.9. The lowest BCUT2D eigenvalue weighted by Gasteiger charge is -2.25. The average molecular weight is 301 g/mol. The summed E-state index contributed by atoms with van der Waals surface area (Å²) in [5, 5.41) is 13.2. The molecule has 0 radical (unpaired) electrons. The van der Waals surface area contributed by atoms with Gasteiger partial charge < -0.3 is 15.2 Å². The van der Waals surface area contributed by atoms with Crippen LogP contribution in [-0.2, 0) is 6.54 Å². The number of rotatable bonds is 9. The lowest BCUT2D eigenvalue weighted by molar-refractivity contribution is -0.0133.